The molecule has 0 aliphatic rings. The van der Waals surface area contributed by atoms with Gasteiger partial charge in [0.25, 0.3) is 0 Å². The van der Waals surface area contributed by atoms with E-state index in [-0.39, 0.29) is 6.42 Å². The molecule has 2 amide bonds. The Morgan fingerprint density at radius 3 is 2.62 bits per heavy atom. The van der Waals surface area contributed by atoms with Crippen molar-refractivity contribution in [2.45, 2.75) is 37.9 Å². The standard InChI is InChI=1S/C14H23N5O4S/c1-8(12(20)19-11(14(22)23)3-4-24-2)18-13(21)10(15)5-9-6-16-7-17-9/h6-8,10-11H,3-5,15H2,1-2H3,(H,16,17)(H,18,21)(H,19,20)(H,22,23). The normalized spacial score (nSPS) is 14.5. The van der Waals surface area contributed by atoms with Crippen LogP contribution >= 0.6 is 11.8 Å². The lowest BCUT2D eigenvalue weighted by atomic mass is 10.1. The number of aromatic nitrogens is 2. The smallest absolute Gasteiger partial charge is 0.326 e. The molecule has 0 spiro atoms. The van der Waals surface area contributed by atoms with E-state index in [9.17, 15) is 14.4 Å². The predicted octanol–water partition coefficient (Wildman–Crippen LogP) is -0.893. The number of hydrogen-bond acceptors (Lipinski definition) is 6. The molecule has 0 aliphatic carbocycles. The second-order valence-corrected chi connectivity index (χ2v) is 6.28. The molecule has 0 saturated carbocycles. The van der Waals surface area contributed by atoms with Crippen molar-refractivity contribution in [3.63, 3.8) is 0 Å². The third kappa shape index (κ3) is 6.59. The summed E-state index contributed by atoms with van der Waals surface area (Å²) < 4.78 is 0. The van der Waals surface area contributed by atoms with Gasteiger partial charge in [-0.1, -0.05) is 0 Å². The summed E-state index contributed by atoms with van der Waals surface area (Å²) in [5.74, 6) is -1.56. The molecule has 9 nitrogen and oxygen atoms in total. The van der Waals surface area contributed by atoms with E-state index in [2.05, 4.69) is 20.6 Å². The number of aromatic amines is 1. The Kier molecular flexibility index (Phi) is 8.27. The van der Waals surface area contributed by atoms with Gasteiger partial charge in [0.2, 0.25) is 11.8 Å². The Morgan fingerprint density at radius 1 is 1.38 bits per heavy atom. The molecule has 10 heteroatoms. The lowest BCUT2D eigenvalue weighted by Crippen LogP contribution is -2.53. The molecular weight excluding hydrogens is 334 g/mol. The maximum Gasteiger partial charge on any atom is 0.326 e. The second kappa shape index (κ2) is 9.93. The van der Waals surface area contributed by atoms with E-state index >= 15 is 0 Å². The van der Waals surface area contributed by atoms with Crippen molar-refractivity contribution in [2.75, 3.05) is 12.0 Å². The Labute approximate surface area is 144 Å². The number of nitrogens with one attached hydrogen (secondary N) is 3. The molecule has 0 aromatic carbocycles. The summed E-state index contributed by atoms with van der Waals surface area (Å²) in [7, 11) is 0. The first-order valence-corrected chi connectivity index (χ1v) is 8.79. The van der Waals surface area contributed by atoms with Crippen LogP contribution in [0.15, 0.2) is 12.5 Å². The number of hydrogen-bond donors (Lipinski definition) is 5. The van der Waals surface area contributed by atoms with Gasteiger partial charge in [-0.15, -0.1) is 0 Å². The first kappa shape index (κ1) is 20.0. The van der Waals surface area contributed by atoms with Crippen molar-refractivity contribution in [3.8, 4) is 0 Å². The number of rotatable bonds is 10. The highest BCUT2D eigenvalue weighted by molar-refractivity contribution is 7.98. The third-order valence-electron chi connectivity index (χ3n) is 3.31. The molecule has 0 radical (unpaired) electrons. The van der Waals surface area contributed by atoms with Gasteiger partial charge >= 0.3 is 5.97 Å². The van der Waals surface area contributed by atoms with E-state index in [1.807, 2.05) is 6.26 Å². The summed E-state index contributed by atoms with van der Waals surface area (Å²) in [6, 6.07) is -2.71. The summed E-state index contributed by atoms with van der Waals surface area (Å²) in [4.78, 5) is 41.9. The molecule has 1 aromatic heterocycles. The average molecular weight is 357 g/mol. The number of thioether (sulfide) groups is 1. The zero-order valence-electron chi connectivity index (χ0n) is 13.6. The predicted molar refractivity (Wildman–Crippen MR) is 90.4 cm³/mol. The topological polar surface area (TPSA) is 150 Å². The SMILES string of the molecule is CSCCC(NC(=O)C(C)NC(=O)C(N)Cc1cnc[nH]1)C(=O)O. The van der Waals surface area contributed by atoms with Gasteiger partial charge in [0.05, 0.1) is 12.4 Å². The molecule has 24 heavy (non-hydrogen) atoms. The number of imidazole rings is 1. The van der Waals surface area contributed by atoms with Crippen molar-refractivity contribution in [1.29, 1.82) is 0 Å². The quantitative estimate of drug-likeness (QED) is 0.364. The summed E-state index contributed by atoms with van der Waals surface area (Å²) in [6.45, 7) is 1.48. The van der Waals surface area contributed by atoms with Crippen molar-refractivity contribution in [3.05, 3.63) is 18.2 Å². The zero-order chi connectivity index (χ0) is 18.1. The van der Waals surface area contributed by atoms with Gasteiger partial charge in [0.1, 0.15) is 12.1 Å². The maximum atomic E-state index is 12.0. The number of carbonyl (C=O) groups excluding carboxylic acids is 2. The number of aliphatic carboxylic acids is 1. The number of carbonyl (C=O) groups is 3. The first-order valence-electron chi connectivity index (χ1n) is 7.40. The van der Waals surface area contributed by atoms with Crippen LogP contribution in [0.5, 0.6) is 0 Å². The Morgan fingerprint density at radius 2 is 2.08 bits per heavy atom. The molecule has 3 unspecified atom stereocenters. The molecule has 134 valence electrons. The summed E-state index contributed by atoms with van der Waals surface area (Å²) in [5.41, 5.74) is 6.49. The van der Waals surface area contributed by atoms with Crippen LogP contribution in [0.2, 0.25) is 0 Å². The van der Waals surface area contributed by atoms with Gasteiger partial charge < -0.3 is 26.5 Å². The number of carboxylic acid groups (broad SMARTS) is 1. The van der Waals surface area contributed by atoms with Gasteiger partial charge in [-0.25, -0.2) is 9.78 Å². The van der Waals surface area contributed by atoms with Crippen molar-refractivity contribution < 1.29 is 19.5 Å². The van der Waals surface area contributed by atoms with Crippen molar-refractivity contribution >= 4 is 29.5 Å². The fourth-order valence-corrected chi connectivity index (χ4v) is 2.37. The van der Waals surface area contributed by atoms with E-state index < -0.39 is 35.9 Å². The van der Waals surface area contributed by atoms with Gasteiger partial charge in [0.15, 0.2) is 0 Å². The number of carboxylic acids is 1. The zero-order valence-corrected chi connectivity index (χ0v) is 14.4. The van der Waals surface area contributed by atoms with E-state index in [0.29, 0.717) is 17.9 Å². The third-order valence-corrected chi connectivity index (χ3v) is 3.95. The van der Waals surface area contributed by atoms with Crippen LogP contribution in [0, 0.1) is 0 Å². The Balaban J connectivity index is 2.49. The van der Waals surface area contributed by atoms with Crippen LogP contribution in [0.3, 0.4) is 0 Å². The van der Waals surface area contributed by atoms with Crippen LogP contribution in [-0.2, 0) is 20.8 Å². The lowest BCUT2D eigenvalue weighted by molar-refractivity contribution is -0.142. The van der Waals surface area contributed by atoms with Crippen LogP contribution in [0.1, 0.15) is 19.0 Å². The molecule has 1 aromatic rings. The largest absolute Gasteiger partial charge is 0.480 e. The molecule has 0 bridgehead atoms. The minimum Gasteiger partial charge on any atom is -0.480 e. The minimum atomic E-state index is -1.10. The number of nitrogens with zero attached hydrogens (tertiary/aromatic N) is 1. The van der Waals surface area contributed by atoms with Crippen LogP contribution < -0.4 is 16.4 Å². The van der Waals surface area contributed by atoms with Gasteiger partial charge in [-0.3, -0.25) is 9.59 Å². The minimum absolute atomic E-state index is 0.256. The average Bonchev–Trinajstić information content (AvgIpc) is 3.03. The molecule has 1 heterocycles. The monoisotopic (exact) mass is 357 g/mol. The van der Waals surface area contributed by atoms with E-state index in [1.54, 1.807) is 6.20 Å². The highest BCUT2D eigenvalue weighted by atomic mass is 32.2. The van der Waals surface area contributed by atoms with E-state index in [4.69, 9.17) is 10.8 Å². The molecule has 0 aliphatic heterocycles. The van der Waals surface area contributed by atoms with Crippen molar-refractivity contribution in [1.82, 2.24) is 20.6 Å². The van der Waals surface area contributed by atoms with Crippen LogP contribution in [-0.4, -0.2) is 63.0 Å². The molecule has 1 rings (SSSR count). The molecule has 0 saturated heterocycles. The fraction of sp³-hybridized carbons (Fsp3) is 0.571. The van der Waals surface area contributed by atoms with Gasteiger partial charge in [-0.2, -0.15) is 11.8 Å². The van der Waals surface area contributed by atoms with Gasteiger partial charge in [-0.05, 0) is 25.4 Å². The van der Waals surface area contributed by atoms with E-state index in [1.165, 1.54) is 25.0 Å². The molecule has 3 atom stereocenters. The molecule has 0 fully saturated rings. The van der Waals surface area contributed by atoms with Crippen molar-refractivity contribution in [2.24, 2.45) is 5.73 Å². The van der Waals surface area contributed by atoms with Gasteiger partial charge in [0, 0.05) is 18.3 Å². The fourth-order valence-electron chi connectivity index (χ4n) is 1.90. The number of H-pyrrole nitrogens is 1. The van der Waals surface area contributed by atoms with Crippen LogP contribution in [0.25, 0.3) is 0 Å². The molecular formula is C14H23N5O4S. The second-order valence-electron chi connectivity index (χ2n) is 5.30. The summed E-state index contributed by atoms with van der Waals surface area (Å²) in [6.07, 6.45) is 5.46. The highest BCUT2D eigenvalue weighted by Gasteiger charge is 2.25. The summed E-state index contributed by atoms with van der Waals surface area (Å²) >= 11 is 1.49. The number of amides is 2. The Bertz CT molecular complexity index is 551. The maximum absolute atomic E-state index is 12.0. The first-order chi connectivity index (χ1) is 11.3. The lowest BCUT2D eigenvalue weighted by Gasteiger charge is -2.20. The molecule has 6 N–H and O–H groups in total. The summed E-state index contributed by atoms with van der Waals surface area (Å²) in [5, 5.41) is 14.0. The number of nitrogens with two attached hydrogens (primary N) is 1. The highest BCUT2D eigenvalue weighted by Crippen LogP contribution is 2.02. The van der Waals surface area contributed by atoms with E-state index in [0.717, 1.165) is 0 Å². The Hall–Kier alpha value is -2.07. The van der Waals surface area contributed by atoms with Crippen LogP contribution in [0.4, 0.5) is 0 Å².